The molecular formula is C12H17F3N2O. The van der Waals surface area contributed by atoms with Gasteiger partial charge in [0.2, 0.25) is 0 Å². The highest BCUT2D eigenvalue weighted by atomic mass is 19.4. The number of aromatic nitrogens is 2. The molecule has 2 heterocycles. The first kappa shape index (κ1) is 16.3. The van der Waals surface area contributed by atoms with Gasteiger partial charge >= 0.3 is 6.30 Å². The highest BCUT2D eigenvalue weighted by Crippen LogP contribution is 2.24. The molecule has 0 unspecified atom stereocenters. The SMILES string of the molecule is CC.CC.FC(F)(F)n1ccc(-c2ccco2)n1. The third-order valence-electron chi connectivity index (χ3n) is 1.62. The summed E-state index contributed by atoms with van der Waals surface area (Å²) in [7, 11) is 0. The summed E-state index contributed by atoms with van der Waals surface area (Å²) in [6.07, 6.45) is -2.26. The third kappa shape index (κ3) is 4.27. The van der Waals surface area contributed by atoms with Crippen LogP contribution in [-0.4, -0.2) is 9.78 Å². The van der Waals surface area contributed by atoms with E-state index in [2.05, 4.69) is 5.10 Å². The van der Waals surface area contributed by atoms with Crippen LogP contribution in [0.2, 0.25) is 0 Å². The predicted octanol–water partition coefficient (Wildman–Crippen LogP) is 4.67. The molecule has 0 aromatic carbocycles. The molecular weight excluding hydrogens is 245 g/mol. The van der Waals surface area contributed by atoms with E-state index in [0.717, 1.165) is 6.20 Å². The Balaban J connectivity index is 0.000000659. The largest absolute Gasteiger partial charge is 0.504 e. The summed E-state index contributed by atoms with van der Waals surface area (Å²) in [6, 6.07) is 4.37. The number of furan rings is 1. The van der Waals surface area contributed by atoms with Crippen molar-refractivity contribution in [2.75, 3.05) is 0 Å². The van der Waals surface area contributed by atoms with Crippen LogP contribution in [0.1, 0.15) is 27.7 Å². The summed E-state index contributed by atoms with van der Waals surface area (Å²) < 4.78 is 41.2. The average Bonchev–Trinajstić information content (AvgIpc) is 3.04. The maximum Gasteiger partial charge on any atom is 0.504 e. The number of rotatable bonds is 1. The zero-order valence-electron chi connectivity index (χ0n) is 10.8. The lowest BCUT2D eigenvalue weighted by Gasteiger charge is -2.03. The Morgan fingerprint density at radius 1 is 1.11 bits per heavy atom. The molecule has 0 atom stereocenters. The van der Waals surface area contributed by atoms with Gasteiger partial charge in [-0.05, 0) is 18.2 Å². The van der Waals surface area contributed by atoms with E-state index in [1.165, 1.54) is 12.3 Å². The molecule has 3 nitrogen and oxygen atoms in total. The van der Waals surface area contributed by atoms with Crippen molar-refractivity contribution in [2.24, 2.45) is 0 Å². The normalized spacial score (nSPS) is 9.94. The molecule has 0 radical (unpaired) electrons. The van der Waals surface area contributed by atoms with Crippen LogP contribution in [0.25, 0.3) is 11.5 Å². The summed E-state index contributed by atoms with van der Waals surface area (Å²) >= 11 is 0. The van der Waals surface area contributed by atoms with Crippen LogP contribution in [0.5, 0.6) is 0 Å². The Labute approximate surface area is 104 Å². The van der Waals surface area contributed by atoms with Crippen LogP contribution < -0.4 is 0 Å². The zero-order chi connectivity index (χ0) is 14.2. The number of nitrogens with zero attached hydrogens (tertiary/aromatic N) is 2. The number of hydrogen-bond acceptors (Lipinski definition) is 2. The molecule has 2 rings (SSSR count). The van der Waals surface area contributed by atoms with Crippen LogP contribution in [0, 0.1) is 0 Å². The summed E-state index contributed by atoms with van der Waals surface area (Å²) in [5, 5.41) is 3.32. The quantitative estimate of drug-likeness (QED) is 0.747. The summed E-state index contributed by atoms with van der Waals surface area (Å²) in [4.78, 5) is 0. The minimum absolute atomic E-state index is 0.0646. The van der Waals surface area contributed by atoms with Gasteiger partial charge < -0.3 is 4.42 Å². The fraction of sp³-hybridized carbons (Fsp3) is 0.417. The molecule has 18 heavy (non-hydrogen) atoms. The first-order chi connectivity index (χ1) is 8.57. The van der Waals surface area contributed by atoms with Gasteiger partial charge in [0, 0.05) is 6.20 Å². The van der Waals surface area contributed by atoms with E-state index >= 15 is 0 Å². The molecule has 0 aliphatic rings. The molecule has 0 saturated carbocycles. The lowest BCUT2D eigenvalue weighted by molar-refractivity contribution is -0.212. The molecule has 0 N–H and O–H groups in total. The lowest BCUT2D eigenvalue weighted by Crippen LogP contribution is -2.16. The van der Waals surface area contributed by atoms with E-state index in [0.29, 0.717) is 5.76 Å². The molecule has 6 heteroatoms. The molecule has 0 aliphatic carbocycles. The molecule has 0 fully saturated rings. The molecule has 2 aromatic heterocycles. The lowest BCUT2D eigenvalue weighted by atomic mass is 10.3. The monoisotopic (exact) mass is 262 g/mol. The van der Waals surface area contributed by atoms with Gasteiger partial charge in [-0.2, -0.15) is 9.78 Å². The van der Waals surface area contributed by atoms with Crippen LogP contribution >= 0.6 is 0 Å². The minimum atomic E-state index is -4.48. The van der Waals surface area contributed by atoms with Crippen LogP contribution in [0.3, 0.4) is 0 Å². The van der Waals surface area contributed by atoms with Gasteiger partial charge in [-0.25, -0.2) is 0 Å². The maximum atomic E-state index is 12.1. The average molecular weight is 262 g/mol. The Morgan fingerprint density at radius 3 is 2.11 bits per heavy atom. The predicted molar refractivity (Wildman–Crippen MR) is 63.9 cm³/mol. The Morgan fingerprint density at radius 2 is 1.72 bits per heavy atom. The van der Waals surface area contributed by atoms with Gasteiger partial charge in [0.25, 0.3) is 0 Å². The zero-order valence-corrected chi connectivity index (χ0v) is 10.8. The maximum absolute atomic E-state index is 12.1. The molecule has 102 valence electrons. The van der Waals surface area contributed by atoms with Crippen molar-refractivity contribution in [2.45, 2.75) is 34.0 Å². The fourth-order valence-electron chi connectivity index (χ4n) is 1.02. The van der Waals surface area contributed by atoms with Crippen molar-refractivity contribution in [1.29, 1.82) is 0 Å². The number of hydrogen-bond donors (Lipinski definition) is 0. The summed E-state index contributed by atoms with van der Waals surface area (Å²) in [5.41, 5.74) is 0.160. The van der Waals surface area contributed by atoms with Crippen molar-refractivity contribution >= 4 is 0 Å². The molecule has 0 amide bonds. The fourth-order valence-corrected chi connectivity index (χ4v) is 1.02. The van der Waals surface area contributed by atoms with Crippen molar-refractivity contribution in [3.63, 3.8) is 0 Å². The Bertz CT molecular complexity index is 419. The van der Waals surface area contributed by atoms with Gasteiger partial charge in [-0.3, -0.25) is 0 Å². The second kappa shape index (κ2) is 7.58. The van der Waals surface area contributed by atoms with E-state index in [4.69, 9.17) is 4.42 Å². The minimum Gasteiger partial charge on any atom is -0.463 e. The van der Waals surface area contributed by atoms with Gasteiger partial charge in [0.15, 0.2) is 5.76 Å². The van der Waals surface area contributed by atoms with Crippen LogP contribution in [0.4, 0.5) is 13.2 Å². The molecule has 2 aromatic rings. The smallest absolute Gasteiger partial charge is 0.463 e. The van der Waals surface area contributed by atoms with E-state index in [1.54, 1.807) is 12.1 Å². The first-order valence-electron chi connectivity index (χ1n) is 5.74. The van der Waals surface area contributed by atoms with Crippen LogP contribution in [-0.2, 0) is 6.30 Å². The van der Waals surface area contributed by atoms with E-state index < -0.39 is 6.30 Å². The standard InChI is InChI=1S/C8H5F3N2O.2C2H6/c9-8(10,11)13-4-3-6(12-13)7-2-1-5-14-7;2*1-2/h1-5H;2*1-2H3. The summed E-state index contributed by atoms with van der Waals surface area (Å²) in [5.74, 6) is 0.313. The first-order valence-corrected chi connectivity index (χ1v) is 5.74. The molecule has 0 aliphatic heterocycles. The topological polar surface area (TPSA) is 31.0 Å². The van der Waals surface area contributed by atoms with E-state index in [1.807, 2.05) is 27.7 Å². The molecule has 0 saturated heterocycles. The van der Waals surface area contributed by atoms with Crippen molar-refractivity contribution in [1.82, 2.24) is 9.78 Å². The summed E-state index contributed by atoms with van der Waals surface area (Å²) in [6.45, 7) is 8.00. The van der Waals surface area contributed by atoms with Crippen molar-refractivity contribution < 1.29 is 17.6 Å². The Hall–Kier alpha value is -1.72. The highest BCUT2D eigenvalue weighted by Gasteiger charge is 2.31. The highest BCUT2D eigenvalue weighted by molar-refractivity contribution is 5.50. The van der Waals surface area contributed by atoms with Gasteiger partial charge in [0.1, 0.15) is 5.69 Å². The second-order valence-corrected chi connectivity index (χ2v) is 2.59. The second-order valence-electron chi connectivity index (χ2n) is 2.59. The van der Waals surface area contributed by atoms with Crippen molar-refractivity contribution in [3.05, 3.63) is 30.7 Å². The number of halogens is 3. The van der Waals surface area contributed by atoms with Gasteiger partial charge in [-0.1, -0.05) is 27.7 Å². The molecule has 0 bridgehead atoms. The molecule has 0 spiro atoms. The van der Waals surface area contributed by atoms with Crippen LogP contribution in [0.15, 0.2) is 35.1 Å². The van der Waals surface area contributed by atoms with E-state index in [9.17, 15) is 13.2 Å². The van der Waals surface area contributed by atoms with Gasteiger partial charge in [0.05, 0.1) is 6.26 Å². The Kier molecular flexibility index (Phi) is 6.85. The third-order valence-corrected chi connectivity index (χ3v) is 1.62. The van der Waals surface area contributed by atoms with Crippen molar-refractivity contribution in [3.8, 4) is 11.5 Å². The van der Waals surface area contributed by atoms with E-state index in [-0.39, 0.29) is 10.4 Å². The number of alkyl halides is 3. The van der Waals surface area contributed by atoms with Gasteiger partial charge in [-0.15, -0.1) is 13.2 Å².